The van der Waals surface area contributed by atoms with E-state index < -0.39 is 5.63 Å². The fraction of sp³-hybridized carbons (Fsp3) is 0.304. The summed E-state index contributed by atoms with van der Waals surface area (Å²) in [5.41, 5.74) is 1.67. The second kappa shape index (κ2) is 8.79. The molecule has 0 bridgehead atoms. The molecule has 2 heterocycles. The highest BCUT2D eigenvalue weighted by atomic mass is 35.5. The lowest BCUT2D eigenvalue weighted by atomic mass is 10.0. The Hall–Kier alpha value is -2.99. The summed E-state index contributed by atoms with van der Waals surface area (Å²) in [6.07, 6.45) is 7.66. The molecule has 0 saturated carbocycles. The summed E-state index contributed by atoms with van der Waals surface area (Å²) in [6.45, 7) is 1.96. The van der Waals surface area contributed by atoms with Crippen LogP contribution in [0.3, 0.4) is 0 Å². The lowest BCUT2D eigenvalue weighted by Gasteiger charge is -2.27. The predicted octanol–water partition coefficient (Wildman–Crippen LogP) is 5.21. The first-order chi connectivity index (χ1) is 14.5. The number of aryl methyl sites for hydroxylation is 1. The highest BCUT2D eigenvalue weighted by Gasteiger charge is 2.22. The SMILES string of the molecule is Cc1cc(=O)oc2cc(OCC(=O)N(Cc3ccco3)C3=CCCCC3)c(Cl)cc12. The molecular weight excluding hydrogens is 406 g/mol. The Morgan fingerprint density at radius 3 is 2.87 bits per heavy atom. The van der Waals surface area contributed by atoms with Gasteiger partial charge in [0.15, 0.2) is 6.61 Å². The van der Waals surface area contributed by atoms with Crippen molar-refractivity contribution in [3.8, 4) is 5.75 Å². The quantitative estimate of drug-likeness (QED) is 0.504. The zero-order chi connectivity index (χ0) is 21.1. The second-order valence-electron chi connectivity index (χ2n) is 7.32. The van der Waals surface area contributed by atoms with Crippen LogP contribution in [0.4, 0.5) is 0 Å². The summed E-state index contributed by atoms with van der Waals surface area (Å²) >= 11 is 6.35. The van der Waals surface area contributed by atoms with Crippen LogP contribution >= 0.6 is 11.6 Å². The first-order valence-corrected chi connectivity index (χ1v) is 10.3. The van der Waals surface area contributed by atoms with E-state index >= 15 is 0 Å². The smallest absolute Gasteiger partial charge is 0.336 e. The number of nitrogens with zero attached hydrogens (tertiary/aromatic N) is 1. The molecule has 0 spiro atoms. The summed E-state index contributed by atoms with van der Waals surface area (Å²) in [6, 6.07) is 8.28. The summed E-state index contributed by atoms with van der Waals surface area (Å²) in [4.78, 5) is 26.4. The molecule has 1 amide bonds. The highest BCUT2D eigenvalue weighted by Crippen LogP contribution is 2.31. The molecule has 0 saturated heterocycles. The summed E-state index contributed by atoms with van der Waals surface area (Å²) in [5, 5.41) is 1.08. The number of benzene rings is 1. The van der Waals surface area contributed by atoms with Gasteiger partial charge in [-0.15, -0.1) is 0 Å². The number of carbonyl (C=O) groups is 1. The van der Waals surface area contributed by atoms with Gasteiger partial charge in [0.1, 0.15) is 17.1 Å². The van der Waals surface area contributed by atoms with Gasteiger partial charge in [0.25, 0.3) is 5.91 Å². The molecular formula is C23H22ClNO5. The predicted molar refractivity (Wildman–Crippen MR) is 114 cm³/mol. The van der Waals surface area contributed by atoms with Gasteiger partial charge in [-0.1, -0.05) is 17.7 Å². The van der Waals surface area contributed by atoms with Gasteiger partial charge in [0, 0.05) is 23.2 Å². The summed E-state index contributed by atoms with van der Waals surface area (Å²) in [7, 11) is 0. The number of rotatable bonds is 6. The van der Waals surface area contributed by atoms with Crippen molar-refractivity contribution in [1.29, 1.82) is 0 Å². The third-order valence-corrected chi connectivity index (χ3v) is 5.46. The van der Waals surface area contributed by atoms with E-state index in [1.807, 2.05) is 13.0 Å². The first-order valence-electron chi connectivity index (χ1n) is 9.90. The van der Waals surface area contributed by atoms with Crippen LogP contribution in [0, 0.1) is 6.92 Å². The number of fused-ring (bicyclic) bond motifs is 1. The van der Waals surface area contributed by atoms with Crippen molar-refractivity contribution in [2.45, 2.75) is 39.2 Å². The highest BCUT2D eigenvalue weighted by molar-refractivity contribution is 6.32. The second-order valence-corrected chi connectivity index (χ2v) is 7.72. The van der Waals surface area contributed by atoms with Crippen molar-refractivity contribution < 1.29 is 18.4 Å². The number of amides is 1. The van der Waals surface area contributed by atoms with Crippen LogP contribution in [-0.4, -0.2) is 17.4 Å². The van der Waals surface area contributed by atoms with E-state index in [1.165, 1.54) is 6.07 Å². The van der Waals surface area contributed by atoms with E-state index in [2.05, 4.69) is 6.08 Å². The Labute approximate surface area is 178 Å². The molecule has 30 heavy (non-hydrogen) atoms. The van der Waals surface area contributed by atoms with Crippen LogP contribution in [0.5, 0.6) is 5.75 Å². The van der Waals surface area contributed by atoms with Gasteiger partial charge in [-0.2, -0.15) is 0 Å². The maximum Gasteiger partial charge on any atom is 0.336 e. The Bertz CT molecular complexity index is 1150. The summed E-state index contributed by atoms with van der Waals surface area (Å²) < 4.78 is 16.4. The monoisotopic (exact) mass is 427 g/mol. The average molecular weight is 428 g/mol. The fourth-order valence-electron chi connectivity index (χ4n) is 3.62. The molecule has 2 aromatic heterocycles. The number of hydrogen-bond acceptors (Lipinski definition) is 5. The molecule has 1 aliphatic carbocycles. The molecule has 4 rings (SSSR count). The Morgan fingerprint density at radius 1 is 1.27 bits per heavy atom. The zero-order valence-electron chi connectivity index (χ0n) is 16.7. The first kappa shape index (κ1) is 20.3. The van der Waals surface area contributed by atoms with E-state index in [-0.39, 0.29) is 12.5 Å². The molecule has 7 heteroatoms. The number of hydrogen-bond donors (Lipinski definition) is 0. The Kier molecular flexibility index (Phi) is 5.95. The van der Waals surface area contributed by atoms with Crippen molar-refractivity contribution in [3.63, 3.8) is 0 Å². The van der Waals surface area contributed by atoms with Gasteiger partial charge in [0.05, 0.1) is 17.8 Å². The van der Waals surface area contributed by atoms with E-state index in [0.717, 1.165) is 42.3 Å². The Balaban J connectivity index is 1.54. The summed E-state index contributed by atoms with van der Waals surface area (Å²) in [5.74, 6) is 0.805. The molecule has 1 aliphatic rings. The van der Waals surface area contributed by atoms with E-state index in [9.17, 15) is 9.59 Å². The largest absolute Gasteiger partial charge is 0.482 e. The number of carbonyl (C=O) groups excluding carboxylic acids is 1. The van der Waals surface area contributed by atoms with Crippen molar-refractivity contribution in [2.24, 2.45) is 0 Å². The molecule has 0 radical (unpaired) electrons. The maximum atomic E-state index is 13.0. The minimum absolute atomic E-state index is 0.193. The molecule has 3 aromatic rings. The van der Waals surface area contributed by atoms with E-state index in [4.69, 9.17) is 25.2 Å². The lowest BCUT2D eigenvalue weighted by Crippen LogP contribution is -2.34. The molecule has 0 aliphatic heterocycles. The van der Waals surface area contributed by atoms with Gasteiger partial charge >= 0.3 is 5.63 Å². The van der Waals surface area contributed by atoms with Crippen LogP contribution in [0.25, 0.3) is 11.0 Å². The maximum absolute atomic E-state index is 13.0. The van der Waals surface area contributed by atoms with Crippen LogP contribution in [0.2, 0.25) is 5.02 Å². The third-order valence-electron chi connectivity index (χ3n) is 5.16. The number of ether oxygens (including phenoxy) is 1. The van der Waals surface area contributed by atoms with Crippen molar-refractivity contribution in [2.75, 3.05) is 6.61 Å². The number of halogens is 1. The molecule has 156 valence electrons. The standard InChI is InChI=1S/C23H22ClNO5/c1-15-10-23(27)30-20-12-21(19(24)11-18(15)20)29-14-22(26)25(13-17-8-5-9-28-17)16-6-3-2-4-7-16/h5-6,8-12H,2-4,7,13-14H2,1H3. The molecule has 0 fully saturated rings. The molecule has 1 aromatic carbocycles. The fourth-order valence-corrected chi connectivity index (χ4v) is 3.84. The minimum atomic E-state index is -0.446. The van der Waals surface area contributed by atoms with Crippen molar-refractivity contribution in [1.82, 2.24) is 4.90 Å². The molecule has 0 unspecified atom stereocenters. The third kappa shape index (κ3) is 4.44. The van der Waals surface area contributed by atoms with E-state index in [1.54, 1.807) is 29.4 Å². The normalized spacial score (nSPS) is 13.9. The Morgan fingerprint density at radius 2 is 2.13 bits per heavy atom. The average Bonchev–Trinajstić information content (AvgIpc) is 3.25. The number of furan rings is 1. The van der Waals surface area contributed by atoms with Crippen molar-refractivity contribution in [3.05, 3.63) is 75.1 Å². The van der Waals surface area contributed by atoms with Crippen LogP contribution in [-0.2, 0) is 11.3 Å². The molecule has 0 N–H and O–H groups in total. The van der Waals surface area contributed by atoms with Crippen LogP contribution in [0.1, 0.15) is 37.0 Å². The van der Waals surface area contributed by atoms with Crippen LogP contribution < -0.4 is 10.4 Å². The molecule has 6 nitrogen and oxygen atoms in total. The van der Waals surface area contributed by atoms with Gasteiger partial charge in [-0.05, 0) is 56.4 Å². The van der Waals surface area contributed by atoms with E-state index in [0.29, 0.717) is 28.7 Å². The minimum Gasteiger partial charge on any atom is -0.482 e. The zero-order valence-corrected chi connectivity index (χ0v) is 17.4. The van der Waals surface area contributed by atoms with Gasteiger partial charge in [0.2, 0.25) is 0 Å². The topological polar surface area (TPSA) is 72.9 Å². The van der Waals surface area contributed by atoms with Crippen LogP contribution in [0.15, 0.2) is 62.0 Å². The van der Waals surface area contributed by atoms with Gasteiger partial charge in [-0.25, -0.2) is 4.79 Å². The molecule has 0 atom stereocenters. The lowest BCUT2D eigenvalue weighted by molar-refractivity contribution is -0.132. The van der Waals surface area contributed by atoms with Gasteiger partial charge in [-0.3, -0.25) is 4.79 Å². The van der Waals surface area contributed by atoms with Crippen molar-refractivity contribution >= 4 is 28.5 Å². The van der Waals surface area contributed by atoms with Gasteiger partial charge < -0.3 is 18.5 Å². The number of allylic oxidation sites excluding steroid dienone is 2.